The quantitative estimate of drug-likeness (QED) is 0.827. The van der Waals surface area contributed by atoms with Crippen molar-refractivity contribution in [3.63, 3.8) is 0 Å². The largest absolute Gasteiger partial charge is 0.492 e. The molecule has 0 radical (unpaired) electrons. The van der Waals surface area contributed by atoms with Gasteiger partial charge in [0.2, 0.25) is 0 Å². The lowest BCUT2D eigenvalue weighted by Gasteiger charge is -2.11. The molecule has 1 atom stereocenters. The van der Waals surface area contributed by atoms with Gasteiger partial charge >= 0.3 is 0 Å². The Balaban J connectivity index is 1.78. The van der Waals surface area contributed by atoms with Crippen LogP contribution in [0.4, 0.5) is 0 Å². The number of imidazole rings is 1. The minimum absolute atomic E-state index is 0.494. The van der Waals surface area contributed by atoms with Gasteiger partial charge in [-0.2, -0.15) is 0 Å². The summed E-state index contributed by atoms with van der Waals surface area (Å²) in [6.45, 7) is 3.65. The average Bonchev–Trinajstić information content (AvgIpc) is 2.94. The maximum absolute atomic E-state index is 5.70. The van der Waals surface area contributed by atoms with Crippen molar-refractivity contribution >= 4 is 0 Å². The maximum Gasteiger partial charge on any atom is 0.119 e. The van der Waals surface area contributed by atoms with E-state index in [1.54, 1.807) is 12.5 Å². The molecule has 19 heavy (non-hydrogen) atoms. The Morgan fingerprint density at radius 3 is 2.74 bits per heavy atom. The lowest BCUT2D eigenvalue weighted by Crippen LogP contribution is -2.23. The lowest BCUT2D eigenvalue weighted by atomic mass is 10.1. The van der Waals surface area contributed by atoms with Gasteiger partial charge in [0, 0.05) is 18.4 Å². The Kier molecular flexibility index (Phi) is 4.98. The van der Waals surface area contributed by atoms with Gasteiger partial charge in [-0.15, -0.1) is 0 Å². The number of benzene rings is 1. The van der Waals surface area contributed by atoms with Crippen LogP contribution >= 0.6 is 0 Å². The number of ether oxygens (including phenoxy) is 1. The van der Waals surface area contributed by atoms with E-state index >= 15 is 0 Å². The zero-order chi connectivity index (χ0) is 13.5. The Morgan fingerprint density at radius 1 is 1.32 bits per heavy atom. The third kappa shape index (κ3) is 4.41. The van der Waals surface area contributed by atoms with Crippen molar-refractivity contribution in [2.24, 2.45) is 0 Å². The van der Waals surface area contributed by atoms with Crippen LogP contribution in [-0.2, 0) is 13.0 Å². The van der Waals surface area contributed by atoms with Gasteiger partial charge in [-0.3, -0.25) is 0 Å². The van der Waals surface area contributed by atoms with Crippen molar-refractivity contribution < 1.29 is 4.74 Å². The van der Waals surface area contributed by atoms with Crippen LogP contribution in [-0.4, -0.2) is 29.2 Å². The first-order chi connectivity index (χ1) is 9.28. The van der Waals surface area contributed by atoms with E-state index in [2.05, 4.69) is 29.4 Å². The maximum atomic E-state index is 5.70. The van der Waals surface area contributed by atoms with Crippen molar-refractivity contribution in [1.29, 1.82) is 0 Å². The summed E-state index contributed by atoms with van der Waals surface area (Å²) in [7, 11) is 1.98. The zero-order valence-electron chi connectivity index (χ0n) is 11.5. The summed E-state index contributed by atoms with van der Waals surface area (Å²) in [5.74, 6) is 0.918. The molecule has 0 aliphatic rings. The van der Waals surface area contributed by atoms with Crippen LogP contribution in [0.2, 0.25) is 0 Å². The van der Waals surface area contributed by atoms with E-state index in [1.165, 1.54) is 5.56 Å². The van der Waals surface area contributed by atoms with Gasteiger partial charge < -0.3 is 14.6 Å². The molecule has 4 nitrogen and oxygen atoms in total. The van der Waals surface area contributed by atoms with Crippen molar-refractivity contribution in [1.82, 2.24) is 14.9 Å². The molecule has 1 unspecified atom stereocenters. The van der Waals surface area contributed by atoms with E-state index < -0.39 is 0 Å². The first kappa shape index (κ1) is 13.6. The second kappa shape index (κ2) is 6.95. The van der Waals surface area contributed by atoms with Crippen LogP contribution in [0.25, 0.3) is 0 Å². The highest BCUT2D eigenvalue weighted by atomic mass is 16.5. The second-order valence-corrected chi connectivity index (χ2v) is 4.69. The fraction of sp³-hybridized carbons (Fsp3) is 0.400. The van der Waals surface area contributed by atoms with Gasteiger partial charge in [-0.25, -0.2) is 4.98 Å². The standard InChI is InChI=1S/C15H21N3O/c1-13(16-2)11-14-3-5-15(6-4-14)19-10-9-18-8-7-17-12-18/h3-8,12-13,16H,9-11H2,1-2H3. The Labute approximate surface area is 114 Å². The highest BCUT2D eigenvalue weighted by molar-refractivity contribution is 5.27. The van der Waals surface area contributed by atoms with Gasteiger partial charge in [-0.05, 0) is 38.1 Å². The highest BCUT2D eigenvalue weighted by Crippen LogP contribution is 2.13. The predicted octanol–water partition coefficient (Wildman–Crippen LogP) is 2.11. The summed E-state index contributed by atoms with van der Waals surface area (Å²) in [6, 6.07) is 8.81. The van der Waals surface area contributed by atoms with Gasteiger partial charge in [0.15, 0.2) is 0 Å². The van der Waals surface area contributed by atoms with Crippen LogP contribution < -0.4 is 10.1 Å². The third-order valence-corrected chi connectivity index (χ3v) is 3.14. The van der Waals surface area contributed by atoms with Crippen molar-refractivity contribution in [2.45, 2.75) is 25.9 Å². The number of nitrogens with one attached hydrogen (secondary N) is 1. The number of likely N-dealkylation sites (N-methyl/N-ethyl adjacent to an activating group) is 1. The fourth-order valence-corrected chi connectivity index (χ4v) is 1.87. The third-order valence-electron chi connectivity index (χ3n) is 3.14. The highest BCUT2D eigenvalue weighted by Gasteiger charge is 2.01. The predicted molar refractivity (Wildman–Crippen MR) is 76.4 cm³/mol. The Hall–Kier alpha value is -1.81. The van der Waals surface area contributed by atoms with Crippen LogP contribution in [0.1, 0.15) is 12.5 Å². The average molecular weight is 259 g/mol. The molecule has 4 heteroatoms. The van der Waals surface area contributed by atoms with E-state index in [9.17, 15) is 0 Å². The zero-order valence-corrected chi connectivity index (χ0v) is 11.5. The summed E-state index contributed by atoms with van der Waals surface area (Å²) in [5, 5.41) is 3.24. The first-order valence-corrected chi connectivity index (χ1v) is 6.62. The molecule has 0 amide bonds. The van der Waals surface area contributed by atoms with Crippen LogP contribution in [0.5, 0.6) is 5.75 Å². The van der Waals surface area contributed by atoms with E-state index in [1.807, 2.05) is 29.9 Å². The van der Waals surface area contributed by atoms with Gasteiger partial charge in [0.25, 0.3) is 0 Å². The summed E-state index contributed by atoms with van der Waals surface area (Å²) in [6.07, 6.45) is 6.54. The molecule has 102 valence electrons. The molecule has 2 rings (SSSR count). The van der Waals surface area contributed by atoms with Crippen LogP contribution in [0.3, 0.4) is 0 Å². The van der Waals surface area contributed by atoms with E-state index in [0.717, 1.165) is 18.7 Å². The molecule has 2 aromatic rings. The van der Waals surface area contributed by atoms with Crippen molar-refractivity contribution in [3.05, 3.63) is 48.5 Å². The molecule has 0 fully saturated rings. The normalized spacial score (nSPS) is 12.3. The topological polar surface area (TPSA) is 39.1 Å². The van der Waals surface area contributed by atoms with Gasteiger partial charge in [0.05, 0.1) is 12.9 Å². The molecule has 0 aliphatic heterocycles. The van der Waals surface area contributed by atoms with E-state index in [0.29, 0.717) is 12.6 Å². The van der Waals surface area contributed by atoms with Crippen LogP contribution in [0, 0.1) is 0 Å². The van der Waals surface area contributed by atoms with E-state index in [4.69, 9.17) is 4.74 Å². The SMILES string of the molecule is CNC(C)Cc1ccc(OCCn2ccnc2)cc1. The summed E-state index contributed by atoms with van der Waals surface area (Å²) in [5.41, 5.74) is 1.32. The molecule has 1 aromatic carbocycles. The van der Waals surface area contributed by atoms with Gasteiger partial charge in [-0.1, -0.05) is 12.1 Å². The molecular weight excluding hydrogens is 238 g/mol. The van der Waals surface area contributed by atoms with Gasteiger partial charge in [0.1, 0.15) is 12.4 Å². The number of aromatic nitrogens is 2. The van der Waals surface area contributed by atoms with Crippen molar-refractivity contribution in [3.8, 4) is 5.75 Å². The number of rotatable bonds is 7. The minimum atomic E-state index is 0.494. The molecule has 1 heterocycles. The first-order valence-electron chi connectivity index (χ1n) is 6.62. The summed E-state index contributed by atoms with van der Waals surface area (Å²) >= 11 is 0. The summed E-state index contributed by atoms with van der Waals surface area (Å²) in [4.78, 5) is 4.00. The smallest absolute Gasteiger partial charge is 0.119 e. The molecule has 0 bridgehead atoms. The molecular formula is C15H21N3O. The second-order valence-electron chi connectivity index (χ2n) is 4.69. The number of hydrogen-bond donors (Lipinski definition) is 1. The van der Waals surface area contributed by atoms with Crippen molar-refractivity contribution in [2.75, 3.05) is 13.7 Å². The van der Waals surface area contributed by atoms with Crippen LogP contribution in [0.15, 0.2) is 43.0 Å². The number of hydrogen-bond acceptors (Lipinski definition) is 3. The summed E-state index contributed by atoms with van der Waals surface area (Å²) < 4.78 is 7.70. The molecule has 0 spiro atoms. The minimum Gasteiger partial charge on any atom is -0.492 e. The molecule has 0 saturated carbocycles. The Bertz CT molecular complexity index is 465. The lowest BCUT2D eigenvalue weighted by molar-refractivity contribution is 0.298. The molecule has 0 aliphatic carbocycles. The Morgan fingerprint density at radius 2 is 2.11 bits per heavy atom. The molecule has 1 aromatic heterocycles. The van der Waals surface area contributed by atoms with E-state index in [-0.39, 0.29) is 0 Å². The fourth-order valence-electron chi connectivity index (χ4n) is 1.87. The molecule has 1 N–H and O–H groups in total. The monoisotopic (exact) mass is 259 g/mol. The molecule has 0 saturated heterocycles. The number of nitrogens with zero attached hydrogens (tertiary/aromatic N) is 2.